The zero-order valence-corrected chi connectivity index (χ0v) is 17.1. The molecule has 0 aliphatic carbocycles. The predicted molar refractivity (Wildman–Crippen MR) is 107 cm³/mol. The van der Waals surface area contributed by atoms with E-state index in [0.717, 1.165) is 35.0 Å². The van der Waals surface area contributed by atoms with Gasteiger partial charge in [-0.2, -0.15) is 31.4 Å². The third-order valence-electron chi connectivity index (χ3n) is 4.72. The lowest BCUT2D eigenvalue weighted by molar-refractivity contribution is -0.138. The molecule has 0 bridgehead atoms. The van der Waals surface area contributed by atoms with E-state index in [1.54, 1.807) is 0 Å². The number of aromatic nitrogens is 2. The highest BCUT2D eigenvalue weighted by atomic mass is 19.4. The van der Waals surface area contributed by atoms with Gasteiger partial charge >= 0.3 is 12.4 Å². The summed E-state index contributed by atoms with van der Waals surface area (Å²) < 4.78 is 78.0. The number of carbonyl (C=O) groups is 1. The second-order valence-corrected chi connectivity index (χ2v) is 7.16. The van der Waals surface area contributed by atoms with Crippen molar-refractivity contribution in [1.29, 1.82) is 0 Å². The van der Waals surface area contributed by atoms with Crippen molar-refractivity contribution in [3.8, 4) is 5.69 Å². The highest BCUT2D eigenvalue weighted by Crippen LogP contribution is 2.30. The van der Waals surface area contributed by atoms with Gasteiger partial charge in [0.05, 0.1) is 16.8 Å². The Morgan fingerprint density at radius 3 is 2.18 bits per heavy atom. The average Bonchev–Trinajstić information content (AvgIpc) is 2.73. The maximum atomic E-state index is 13.0. The van der Waals surface area contributed by atoms with Crippen molar-refractivity contribution in [1.82, 2.24) is 15.1 Å². The molecule has 1 heterocycles. The standard InChI is InChI=1S/C22H17F6N3O2/c1-13-11-18(32)19(30-31(13)17-4-2-3-16(12-17)22(26,27)28)20(33)29-10-9-14-5-7-15(8-6-14)21(23,24)25/h2-8,11-12H,9-10H2,1H3,(H,29,33). The highest BCUT2D eigenvalue weighted by Gasteiger charge is 2.31. The number of aryl methyl sites for hydroxylation is 1. The molecule has 0 spiro atoms. The molecular weight excluding hydrogens is 452 g/mol. The monoisotopic (exact) mass is 469 g/mol. The van der Waals surface area contributed by atoms with E-state index in [1.165, 1.54) is 31.2 Å². The Morgan fingerprint density at radius 2 is 1.58 bits per heavy atom. The summed E-state index contributed by atoms with van der Waals surface area (Å²) in [6, 6.07) is 9.75. The molecule has 5 nitrogen and oxygen atoms in total. The van der Waals surface area contributed by atoms with Gasteiger partial charge in [0.25, 0.3) is 5.91 Å². The predicted octanol–water partition coefficient (Wildman–Crippen LogP) is 4.55. The number of benzene rings is 2. The van der Waals surface area contributed by atoms with Crippen LogP contribution in [0.4, 0.5) is 26.3 Å². The van der Waals surface area contributed by atoms with Gasteiger partial charge in [0, 0.05) is 18.3 Å². The Morgan fingerprint density at radius 1 is 0.939 bits per heavy atom. The first-order chi connectivity index (χ1) is 15.4. The van der Waals surface area contributed by atoms with Crippen molar-refractivity contribution in [2.24, 2.45) is 0 Å². The van der Waals surface area contributed by atoms with Gasteiger partial charge in [0.15, 0.2) is 5.69 Å². The third kappa shape index (κ3) is 5.79. The minimum atomic E-state index is -4.58. The van der Waals surface area contributed by atoms with Crippen LogP contribution in [0.2, 0.25) is 0 Å². The van der Waals surface area contributed by atoms with Crippen molar-refractivity contribution in [3.05, 3.63) is 92.9 Å². The number of rotatable bonds is 5. The number of amides is 1. The zero-order valence-electron chi connectivity index (χ0n) is 17.1. The van der Waals surface area contributed by atoms with E-state index < -0.39 is 40.5 Å². The Kier molecular flexibility index (Phi) is 6.61. The molecule has 0 unspecified atom stereocenters. The van der Waals surface area contributed by atoms with Crippen molar-refractivity contribution >= 4 is 5.91 Å². The van der Waals surface area contributed by atoms with Gasteiger partial charge in [0.2, 0.25) is 5.43 Å². The molecule has 0 saturated heterocycles. The van der Waals surface area contributed by atoms with E-state index in [-0.39, 0.29) is 24.3 Å². The Bertz CT molecular complexity index is 1210. The van der Waals surface area contributed by atoms with Gasteiger partial charge in [-0.25, -0.2) is 4.68 Å². The summed E-state index contributed by atoms with van der Waals surface area (Å²) in [5.74, 6) is -0.854. The van der Waals surface area contributed by atoms with E-state index in [1.807, 2.05) is 0 Å². The molecule has 1 amide bonds. The number of nitrogens with one attached hydrogen (secondary N) is 1. The van der Waals surface area contributed by atoms with Crippen molar-refractivity contribution in [3.63, 3.8) is 0 Å². The second kappa shape index (κ2) is 9.08. The van der Waals surface area contributed by atoms with Crippen LogP contribution in [0.1, 0.15) is 32.9 Å². The molecule has 3 rings (SSSR count). The maximum absolute atomic E-state index is 13.0. The topological polar surface area (TPSA) is 64.0 Å². The van der Waals surface area contributed by atoms with Gasteiger partial charge < -0.3 is 5.32 Å². The van der Waals surface area contributed by atoms with Crippen LogP contribution in [-0.4, -0.2) is 22.2 Å². The summed E-state index contributed by atoms with van der Waals surface area (Å²) >= 11 is 0. The van der Waals surface area contributed by atoms with E-state index >= 15 is 0 Å². The smallest absolute Gasteiger partial charge is 0.350 e. The normalized spacial score (nSPS) is 12.0. The SMILES string of the molecule is Cc1cc(=O)c(C(=O)NCCc2ccc(C(F)(F)F)cc2)nn1-c1cccc(C(F)(F)F)c1. The van der Waals surface area contributed by atoms with Gasteiger partial charge in [-0.1, -0.05) is 18.2 Å². The van der Waals surface area contributed by atoms with E-state index in [9.17, 15) is 35.9 Å². The van der Waals surface area contributed by atoms with Crippen LogP contribution in [-0.2, 0) is 18.8 Å². The van der Waals surface area contributed by atoms with Crippen LogP contribution in [0.3, 0.4) is 0 Å². The van der Waals surface area contributed by atoms with Crippen molar-refractivity contribution < 1.29 is 31.1 Å². The lowest BCUT2D eigenvalue weighted by Crippen LogP contribution is -2.33. The molecular formula is C22H17F6N3O2. The number of halogens is 6. The highest BCUT2D eigenvalue weighted by molar-refractivity contribution is 5.92. The fourth-order valence-corrected chi connectivity index (χ4v) is 3.04. The molecule has 33 heavy (non-hydrogen) atoms. The molecule has 11 heteroatoms. The van der Waals surface area contributed by atoms with Gasteiger partial charge in [0.1, 0.15) is 0 Å². The van der Waals surface area contributed by atoms with Crippen LogP contribution in [0.5, 0.6) is 0 Å². The van der Waals surface area contributed by atoms with Crippen LogP contribution in [0.25, 0.3) is 5.69 Å². The number of carbonyl (C=O) groups excluding carboxylic acids is 1. The lowest BCUT2D eigenvalue weighted by Gasteiger charge is -2.13. The number of hydrogen-bond acceptors (Lipinski definition) is 3. The summed E-state index contributed by atoms with van der Waals surface area (Å²) in [4.78, 5) is 24.7. The molecule has 1 aromatic heterocycles. The zero-order chi connectivity index (χ0) is 24.4. The molecule has 2 aromatic carbocycles. The lowest BCUT2D eigenvalue weighted by atomic mass is 10.1. The number of hydrogen-bond donors (Lipinski definition) is 1. The van der Waals surface area contributed by atoms with E-state index in [0.29, 0.717) is 5.56 Å². The van der Waals surface area contributed by atoms with Crippen LogP contribution in [0, 0.1) is 6.92 Å². The Hall–Kier alpha value is -3.63. The average molecular weight is 469 g/mol. The quantitative estimate of drug-likeness (QED) is 0.558. The Balaban J connectivity index is 1.76. The third-order valence-corrected chi connectivity index (χ3v) is 4.72. The first-order valence-electron chi connectivity index (χ1n) is 9.59. The summed E-state index contributed by atoms with van der Waals surface area (Å²) in [5, 5.41) is 6.38. The minimum absolute atomic E-state index is 0.00273. The molecule has 0 fully saturated rings. The number of alkyl halides is 6. The van der Waals surface area contributed by atoms with Crippen LogP contribution >= 0.6 is 0 Å². The van der Waals surface area contributed by atoms with Crippen molar-refractivity contribution in [2.45, 2.75) is 25.7 Å². The van der Waals surface area contributed by atoms with E-state index in [2.05, 4.69) is 10.4 Å². The maximum Gasteiger partial charge on any atom is 0.416 e. The largest absolute Gasteiger partial charge is 0.416 e. The van der Waals surface area contributed by atoms with Gasteiger partial charge in [-0.05, 0) is 49.2 Å². The molecule has 0 radical (unpaired) electrons. The molecule has 1 N–H and O–H groups in total. The number of nitrogens with zero attached hydrogens (tertiary/aromatic N) is 2. The fraction of sp³-hybridized carbons (Fsp3) is 0.227. The molecule has 0 saturated carbocycles. The first kappa shape index (κ1) is 24.0. The van der Waals surface area contributed by atoms with Crippen LogP contribution < -0.4 is 10.7 Å². The summed E-state index contributed by atoms with van der Waals surface area (Å²) in [5.41, 5.74) is -2.19. The minimum Gasteiger partial charge on any atom is -0.350 e. The van der Waals surface area contributed by atoms with Gasteiger partial charge in [-0.15, -0.1) is 0 Å². The molecule has 174 valence electrons. The second-order valence-electron chi connectivity index (χ2n) is 7.16. The Labute approximate surface area is 183 Å². The van der Waals surface area contributed by atoms with Crippen LogP contribution in [0.15, 0.2) is 59.4 Å². The molecule has 0 atom stereocenters. The molecule has 3 aromatic rings. The molecule has 0 aliphatic rings. The molecule has 0 aliphatic heterocycles. The fourth-order valence-electron chi connectivity index (χ4n) is 3.04. The van der Waals surface area contributed by atoms with Gasteiger partial charge in [-0.3, -0.25) is 9.59 Å². The summed E-state index contributed by atoms with van der Waals surface area (Å²) in [6.07, 6.45) is -8.84. The van der Waals surface area contributed by atoms with E-state index in [4.69, 9.17) is 0 Å². The van der Waals surface area contributed by atoms with Crippen molar-refractivity contribution in [2.75, 3.05) is 6.54 Å². The first-order valence-corrected chi connectivity index (χ1v) is 9.59. The summed E-state index contributed by atoms with van der Waals surface area (Å²) in [7, 11) is 0. The summed E-state index contributed by atoms with van der Waals surface area (Å²) in [6.45, 7) is 1.46.